The van der Waals surface area contributed by atoms with Crippen LogP contribution >= 0.6 is 0 Å². The maximum atomic E-state index is 12.5. The van der Waals surface area contributed by atoms with Gasteiger partial charge < -0.3 is 15.2 Å². The number of hydrogen-bond donors (Lipinski definition) is 2. The van der Waals surface area contributed by atoms with Gasteiger partial charge in [-0.15, -0.1) is 0 Å². The highest BCUT2D eigenvalue weighted by Crippen LogP contribution is 2.26. The van der Waals surface area contributed by atoms with Crippen molar-refractivity contribution >= 4 is 6.03 Å². The Hall–Kier alpha value is -2.31. The molecule has 0 bridgehead atoms. The minimum Gasteiger partial charge on any atom is -0.348 e. The number of rotatable bonds is 3. The van der Waals surface area contributed by atoms with Crippen LogP contribution in [0.3, 0.4) is 0 Å². The molecule has 0 aliphatic carbocycles. The van der Waals surface area contributed by atoms with Crippen LogP contribution < -0.4 is 5.32 Å². The fourth-order valence-corrected chi connectivity index (χ4v) is 3.18. The molecule has 7 nitrogen and oxygen atoms in total. The molecule has 1 aliphatic heterocycles. The highest BCUT2D eigenvalue weighted by atomic mass is 16.2. The number of nitrogens with zero attached hydrogens (tertiary/aromatic N) is 4. The lowest BCUT2D eigenvalue weighted by molar-refractivity contribution is 0.178. The van der Waals surface area contributed by atoms with Crippen molar-refractivity contribution in [1.82, 2.24) is 30.0 Å². The predicted molar refractivity (Wildman–Crippen MR) is 87.0 cm³/mol. The molecule has 23 heavy (non-hydrogen) atoms. The number of piperidine rings is 1. The molecule has 1 fully saturated rings. The smallest absolute Gasteiger partial charge is 0.317 e. The van der Waals surface area contributed by atoms with Crippen LogP contribution in [0.5, 0.6) is 0 Å². The van der Waals surface area contributed by atoms with Gasteiger partial charge in [-0.3, -0.25) is 4.68 Å². The zero-order valence-electron chi connectivity index (χ0n) is 13.9. The van der Waals surface area contributed by atoms with Gasteiger partial charge in [0, 0.05) is 49.2 Å². The average molecular weight is 316 g/mol. The first-order chi connectivity index (χ1) is 11.1. The van der Waals surface area contributed by atoms with Crippen LogP contribution in [0.4, 0.5) is 4.79 Å². The predicted octanol–water partition coefficient (Wildman–Crippen LogP) is 2.10. The summed E-state index contributed by atoms with van der Waals surface area (Å²) in [5, 5.41) is 7.32. The molecule has 3 heterocycles. The SMILES string of the molecule is Cc1c(C(C)NC(=O)N2CCC(c3cnc[nH]3)CC2)cnn1C. The molecule has 7 heteroatoms. The average Bonchev–Trinajstić information content (AvgIpc) is 3.19. The third-order valence-electron chi connectivity index (χ3n) is 4.82. The molecule has 2 aromatic rings. The van der Waals surface area contributed by atoms with E-state index in [4.69, 9.17) is 0 Å². The van der Waals surface area contributed by atoms with Gasteiger partial charge in [0.25, 0.3) is 0 Å². The Morgan fingerprint density at radius 3 is 2.70 bits per heavy atom. The second-order valence-electron chi connectivity index (χ2n) is 6.25. The van der Waals surface area contributed by atoms with Gasteiger partial charge in [0.05, 0.1) is 18.6 Å². The molecule has 1 atom stereocenters. The minimum atomic E-state index is -0.0402. The quantitative estimate of drug-likeness (QED) is 0.910. The fourth-order valence-electron chi connectivity index (χ4n) is 3.18. The first-order valence-electron chi connectivity index (χ1n) is 8.08. The highest BCUT2D eigenvalue weighted by molar-refractivity contribution is 5.74. The number of aromatic amines is 1. The van der Waals surface area contributed by atoms with Crippen LogP contribution in [0.15, 0.2) is 18.7 Å². The maximum absolute atomic E-state index is 12.5. The Kier molecular flexibility index (Phi) is 4.36. The zero-order chi connectivity index (χ0) is 16.4. The number of carbonyl (C=O) groups is 1. The fraction of sp³-hybridized carbons (Fsp3) is 0.562. The summed E-state index contributed by atoms with van der Waals surface area (Å²) < 4.78 is 1.83. The largest absolute Gasteiger partial charge is 0.348 e. The van der Waals surface area contributed by atoms with E-state index >= 15 is 0 Å². The van der Waals surface area contributed by atoms with E-state index < -0.39 is 0 Å². The summed E-state index contributed by atoms with van der Waals surface area (Å²) in [6, 6.07) is -0.0367. The molecular formula is C16H24N6O. The van der Waals surface area contributed by atoms with Crippen LogP contribution in [0.2, 0.25) is 0 Å². The summed E-state index contributed by atoms with van der Waals surface area (Å²) in [5.74, 6) is 0.472. The molecule has 0 radical (unpaired) electrons. The molecular weight excluding hydrogens is 292 g/mol. The van der Waals surface area contributed by atoms with Crippen LogP contribution in [0.25, 0.3) is 0 Å². The molecule has 3 rings (SSSR count). The summed E-state index contributed by atoms with van der Waals surface area (Å²) in [6.45, 7) is 5.56. The van der Waals surface area contributed by atoms with E-state index in [1.807, 2.05) is 42.9 Å². The van der Waals surface area contributed by atoms with Crippen molar-refractivity contribution in [3.8, 4) is 0 Å². The molecule has 0 saturated carbocycles. The van der Waals surface area contributed by atoms with Crippen LogP contribution in [0, 0.1) is 6.92 Å². The third kappa shape index (κ3) is 3.23. The number of hydrogen-bond acceptors (Lipinski definition) is 3. The Morgan fingerprint density at radius 2 is 2.13 bits per heavy atom. The van der Waals surface area contributed by atoms with Crippen molar-refractivity contribution in [2.45, 2.75) is 38.6 Å². The van der Waals surface area contributed by atoms with Crippen molar-refractivity contribution in [2.75, 3.05) is 13.1 Å². The van der Waals surface area contributed by atoms with Gasteiger partial charge in [0.1, 0.15) is 0 Å². The molecule has 1 aliphatic rings. The number of urea groups is 1. The summed E-state index contributed by atoms with van der Waals surface area (Å²) >= 11 is 0. The molecule has 0 aromatic carbocycles. The number of H-pyrrole nitrogens is 1. The zero-order valence-corrected chi connectivity index (χ0v) is 13.9. The maximum Gasteiger partial charge on any atom is 0.317 e. The molecule has 2 aromatic heterocycles. The highest BCUT2D eigenvalue weighted by Gasteiger charge is 2.25. The van der Waals surface area contributed by atoms with E-state index in [0.29, 0.717) is 5.92 Å². The van der Waals surface area contributed by atoms with E-state index in [0.717, 1.165) is 37.2 Å². The number of amides is 2. The van der Waals surface area contributed by atoms with Gasteiger partial charge in [-0.05, 0) is 26.7 Å². The van der Waals surface area contributed by atoms with Crippen molar-refractivity contribution in [3.05, 3.63) is 35.7 Å². The number of carbonyl (C=O) groups excluding carboxylic acids is 1. The summed E-state index contributed by atoms with van der Waals surface area (Å²) in [7, 11) is 1.91. The molecule has 1 saturated heterocycles. The normalized spacial score (nSPS) is 17.3. The van der Waals surface area contributed by atoms with E-state index in [-0.39, 0.29) is 12.1 Å². The van der Waals surface area contributed by atoms with Crippen molar-refractivity contribution in [3.63, 3.8) is 0 Å². The Balaban J connectivity index is 1.54. The van der Waals surface area contributed by atoms with E-state index in [1.165, 1.54) is 5.69 Å². The topological polar surface area (TPSA) is 78.8 Å². The molecule has 2 amide bonds. The van der Waals surface area contributed by atoms with Crippen LogP contribution in [-0.4, -0.2) is 43.8 Å². The molecule has 1 unspecified atom stereocenters. The Labute approximate surface area is 136 Å². The van der Waals surface area contributed by atoms with Crippen molar-refractivity contribution < 1.29 is 4.79 Å². The number of imidazole rings is 1. The lowest BCUT2D eigenvalue weighted by Crippen LogP contribution is -2.44. The van der Waals surface area contributed by atoms with Gasteiger partial charge in [-0.1, -0.05) is 0 Å². The Bertz CT molecular complexity index is 654. The summed E-state index contributed by atoms with van der Waals surface area (Å²) in [5.41, 5.74) is 3.31. The van der Waals surface area contributed by atoms with Crippen molar-refractivity contribution in [2.24, 2.45) is 7.05 Å². The van der Waals surface area contributed by atoms with E-state index in [2.05, 4.69) is 20.4 Å². The van der Waals surface area contributed by atoms with Crippen molar-refractivity contribution in [1.29, 1.82) is 0 Å². The number of aryl methyl sites for hydroxylation is 1. The third-order valence-corrected chi connectivity index (χ3v) is 4.82. The number of likely N-dealkylation sites (tertiary alicyclic amines) is 1. The first kappa shape index (κ1) is 15.6. The number of nitrogens with one attached hydrogen (secondary N) is 2. The minimum absolute atomic E-state index is 0.00353. The lowest BCUT2D eigenvalue weighted by atomic mass is 9.94. The van der Waals surface area contributed by atoms with E-state index in [9.17, 15) is 4.79 Å². The summed E-state index contributed by atoms with van der Waals surface area (Å²) in [6.07, 6.45) is 7.36. The van der Waals surface area contributed by atoms with Gasteiger partial charge >= 0.3 is 6.03 Å². The second-order valence-corrected chi connectivity index (χ2v) is 6.25. The summed E-state index contributed by atoms with van der Waals surface area (Å²) in [4.78, 5) is 21.6. The van der Waals surface area contributed by atoms with Gasteiger partial charge in [0.2, 0.25) is 0 Å². The lowest BCUT2D eigenvalue weighted by Gasteiger charge is -2.32. The standard InChI is InChI=1S/C16H24N6O/c1-11(14-8-19-21(3)12(14)2)20-16(23)22-6-4-13(5-7-22)15-9-17-10-18-15/h8-11,13H,4-7H2,1-3H3,(H,17,18)(H,20,23). The monoisotopic (exact) mass is 316 g/mol. The second kappa shape index (κ2) is 6.44. The Morgan fingerprint density at radius 1 is 1.39 bits per heavy atom. The van der Waals surface area contributed by atoms with E-state index in [1.54, 1.807) is 6.33 Å². The van der Waals surface area contributed by atoms with Gasteiger partial charge in [-0.2, -0.15) is 5.10 Å². The van der Waals surface area contributed by atoms with Gasteiger partial charge in [-0.25, -0.2) is 9.78 Å². The first-order valence-corrected chi connectivity index (χ1v) is 8.08. The molecule has 2 N–H and O–H groups in total. The molecule has 124 valence electrons. The van der Waals surface area contributed by atoms with Crippen LogP contribution in [-0.2, 0) is 7.05 Å². The van der Waals surface area contributed by atoms with Crippen LogP contribution in [0.1, 0.15) is 48.7 Å². The molecule has 0 spiro atoms. The number of aromatic nitrogens is 4. The van der Waals surface area contributed by atoms with Gasteiger partial charge in [0.15, 0.2) is 0 Å².